The van der Waals surface area contributed by atoms with Crippen LogP contribution in [-0.2, 0) is 9.53 Å². The average Bonchev–Trinajstić information content (AvgIpc) is 2.61. The molecule has 0 rings (SSSR count). The Kier molecular flexibility index (Phi) is 17.8. The highest BCUT2D eigenvalue weighted by Crippen LogP contribution is 2.21. The van der Waals surface area contributed by atoms with Gasteiger partial charge in [-0.2, -0.15) is 0 Å². The molecule has 0 aliphatic rings. The molecule has 0 aliphatic heterocycles. The standard InChI is InChI=1S/C22H43FO2/c1-4-7-10-11-14-17-21(23)22(24)25-19-18-20(15-12-8-5-2)16-13-9-6-3/h20-21H,4-19H2,1-3H3. The van der Waals surface area contributed by atoms with Gasteiger partial charge in [0.2, 0.25) is 0 Å². The molecular weight excluding hydrogens is 315 g/mol. The molecule has 0 radical (unpaired) electrons. The minimum absolute atomic E-state index is 0.318. The maximum absolute atomic E-state index is 13.9. The van der Waals surface area contributed by atoms with Gasteiger partial charge in [0.25, 0.3) is 0 Å². The van der Waals surface area contributed by atoms with Gasteiger partial charge in [0.05, 0.1) is 6.61 Å². The minimum atomic E-state index is -1.43. The predicted octanol–water partition coefficient (Wildman–Crippen LogP) is 7.40. The maximum atomic E-state index is 13.9. The van der Waals surface area contributed by atoms with E-state index in [9.17, 15) is 9.18 Å². The molecule has 0 fully saturated rings. The molecule has 0 spiro atoms. The van der Waals surface area contributed by atoms with Crippen LogP contribution in [0.5, 0.6) is 0 Å². The second-order valence-electron chi connectivity index (χ2n) is 7.48. The first-order chi connectivity index (χ1) is 12.2. The highest BCUT2D eigenvalue weighted by Gasteiger charge is 2.19. The lowest BCUT2D eigenvalue weighted by molar-refractivity contribution is -0.150. The zero-order valence-electron chi connectivity index (χ0n) is 17.2. The van der Waals surface area contributed by atoms with Gasteiger partial charge in [0.15, 0.2) is 6.17 Å². The molecule has 0 saturated heterocycles. The van der Waals surface area contributed by atoms with E-state index in [1.165, 1.54) is 64.2 Å². The van der Waals surface area contributed by atoms with Crippen LogP contribution in [-0.4, -0.2) is 18.7 Å². The van der Waals surface area contributed by atoms with Crippen molar-refractivity contribution in [1.82, 2.24) is 0 Å². The fourth-order valence-corrected chi connectivity index (χ4v) is 3.26. The molecule has 1 unspecified atom stereocenters. The molecule has 0 N–H and O–H groups in total. The fourth-order valence-electron chi connectivity index (χ4n) is 3.26. The average molecular weight is 359 g/mol. The number of esters is 1. The topological polar surface area (TPSA) is 26.3 Å². The second-order valence-corrected chi connectivity index (χ2v) is 7.48. The van der Waals surface area contributed by atoms with Crippen molar-refractivity contribution in [2.45, 2.75) is 123 Å². The third-order valence-electron chi connectivity index (χ3n) is 5.02. The molecule has 0 aromatic heterocycles. The maximum Gasteiger partial charge on any atom is 0.340 e. The zero-order chi connectivity index (χ0) is 18.8. The molecule has 2 nitrogen and oxygen atoms in total. The Morgan fingerprint density at radius 3 is 1.76 bits per heavy atom. The van der Waals surface area contributed by atoms with E-state index < -0.39 is 12.1 Å². The summed E-state index contributed by atoms with van der Waals surface area (Å²) in [5.41, 5.74) is 0. The normalized spacial score (nSPS) is 12.5. The summed E-state index contributed by atoms with van der Waals surface area (Å²) in [6.45, 7) is 6.99. The van der Waals surface area contributed by atoms with E-state index in [0.29, 0.717) is 18.9 Å². The molecule has 1 atom stereocenters. The Morgan fingerprint density at radius 1 is 0.720 bits per heavy atom. The van der Waals surface area contributed by atoms with Crippen molar-refractivity contribution >= 4 is 5.97 Å². The van der Waals surface area contributed by atoms with Crippen molar-refractivity contribution in [2.75, 3.05) is 6.61 Å². The van der Waals surface area contributed by atoms with Crippen molar-refractivity contribution < 1.29 is 13.9 Å². The number of hydrogen-bond acceptors (Lipinski definition) is 2. The van der Waals surface area contributed by atoms with Crippen LogP contribution in [0, 0.1) is 5.92 Å². The van der Waals surface area contributed by atoms with Gasteiger partial charge in [0.1, 0.15) is 0 Å². The number of alkyl halides is 1. The van der Waals surface area contributed by atoms with Crippen molar-refractivity contribution in [1.29, 1.82) is 0 Å². The van der Waals surface area contributed by atoms with Gasteiger partial charge < -0.3 is 4.74 Å². The number of ether oxygens (including phenoxy) is 1. The Bertz CT molecular complexity index is 284. The number of carbonyl (C=O) groups is 1. The molecule has 0 saturated carbocycles. The van der Waals surface area contributed by atoms with Crippen LogP contribution in [0.15, 0.2) is 0 Å². The molecule has 0 bridgehead atoms. The van der Waals surface area contributed by atoms with E-state index in [-0.39, 0.29) is 0 Å². The summed E-state index contributed by atoms with van der Waals surface area (Å²) >= 11 is 0. The monoisotopic (exact) mass is 358 g/mol. The van der Waals surface area contributed by atoms with Crippen molar-refractivity contribution in [3.63, 3.8) is 0 Å². The van der Waals surface area contributed by atoms with Crippen LogP contribution >= 0.6 is 0 Å². The summed E-state index contributed by atoms with van der Waals surface area (Å²) in [5, 5.41) is 0. The first-order valence-electron chi connectivity index (χ1n) is 11.0. The number of halogens is 1. The number of unbranched alkanes of at least 4 members (excludes halogenated alkanes) is 8. The highest BCUT2D eigenvalue weighted by molar-refractivity contribution is 5.74. The Labute approximate surface area is 156 Å². The van der Waals surface area contributed by atoms with Crippen LogP contribution in [0.2, 0.25) is 0 Å². The molecule has 25 heavy (non-hydrogen) atoms. The predicted molar refractivity (Wildman–Crippen MR) is 106 cm³/mol. The smallest absolute Gasteiger partial charge is 0.340 e. The molecule has 0 amide bonds. The minimum Gasteiger partial charge on any atom is -0.464 e. The lowest BCUT2D eigenvalue weighted by Gasteiger charge is -2.17. The van der Waals surface area contributed by atoms with E-state index in [2.05, 4.69) is 20.8 Å². The molecule has 0 aromatic carbocycles. The third kappa shape index (κ3) is 15.4. The molecule has 0 aromatic rings. The van der Waals surface area contributed by atoms with Crippen LogP contribution < -0.4 is 0 Å². The van der Waals surface area contributed by atoms with E-state index in [0.717, 1.165) is 25.7 Å². The second kappa shape index (κ2) is 18.2. The molecule has 150 valence electrons. The Balaban J connectivity index is 3.91. The summed E-state index contributed by atoms with van der Waals surface area (Å²) in [5.74, 6) is -0.0191. The van der Waals surface area contributed by atoms with Crippen molar-refractivity contribution in [3.05, 3.63) is 0 Å². The summed E-state index contributed by atoms with van der Waals surface area (Å²) in [6.07, 6.45) is 15.0. The van der Waals surface area contributed by atoms with Gasteiger partial charge in [-0.3, -0.25) is 0 Å². The summed E-state index contributed by atoms with van der Waals surface area (Å²) in [4.78, 5) is 11.8. The van der Waals surface area contributed by atoms with Crippen LogP contribution in [0.4, 0.5) is 4.39 Å². The first kappa shape index (κ1) is 24.4. The van der Waals surface area contributed by atoms with E-state index in [4.69, 9.17) is 4.74 Å². The molecule has 3 heteroatoms. The summed E-state index contributed by atoms with van der Waals surface area (Å²) in [6, 6.07) is 0. The lowest BCUT2D eigenvalue weighted by atomic mass is 9.92. The van der Waals surface area contributed by atoms with Gasteiger partial charge in [0, 0.05) is 0 Å². The van der Waals surface area contributed by atoms with Gasteiger partial charge in [-0.25, -0.2) is 9.18 Å². The number of carbonyl (C=O) groups excluding carboxylic acids is 1. The fraction of sp³-hybridized carbons (Fsp3) is 0.955. The Hall–Kier alpha value is -0.600. The first-order valence-corrected chi connectivity index (χ1v) is 11.0. The third-order valence-corrected chi connectivity index (χ3v) is 5.02. The van der Waals surface area contributed by atoms with Crippen LogP contribution in [0.3, 0.4) is 0 Å². The molecule has 0 aliphatic carbocycles. The zero-order valence-corrected chi connectivity index (χ0v) is 17.2. The van der Waals surface area contributed by atoms with Crippen molar-refractivity contribution in [3.8, 4) is 0 Å². The van der Waals surface area contributed by atoms with Gasteiger partial charge in [-0.05, 0) is 25.2 Å². The largest absolute Gasteiger partial charge is 0.464 e. The molecule has 0 heterocycles. The highest BCUT2D eigenvalue weighted by atomic mass is 19.1. The number of hydrogen-bond donors (Lipinski definition) is 0. The molecular formula is C22H43FO2. The van der Waals surface area contributed by atoms with Gasteiger partial charge in [-0.15, -0.1) is 0 Å². The van der Waals surface area contributed by atoms with Crippen LogP contribution in [0.25, 0.3) is 0 Å². The summed E-state index contributed by atoms with van der Waals surface area (Å²) < 4.78 is 19.1. The quantitative estimate of drug-likeness (QED) is 0.188. The summed E-state index contributed by atoms with van der Waals surface area (Å²) in [7, 11) is 0. The van der Waals surface area contributed by atoms with E-state index in [1.807, 2.05) is 0 Å². The Morgan fingerprint density at radius 2 is 1.20 bits per heavy atom. The lowest BCUT2D eigenvalue weighted by Crippen LogP contribution is -2.20. The van der Waals surface area contributed by atoms with Gasteiger partial charge in [-0.1, -0.05) is 97.8 Å². The van der Waals surface area contributed by atoms with Gasteiger partial charge >= 0.3 is 5.97 Å². The van der Waals surface area contributed by atoms with E-state index in [1.54, 1.807) is 0 Å². The number of rotatable bonds is 18. The van der Waals surface area contributed by atoms with E-state index >= 15 is 0 Å². The SMILES string of the molecule is CCCCCCCC(F)C(=O)OCCC(CCCCC)CCCCC. The van der Waals surface area contributed by atoms with Crippen LogP contribution in [0.1, 0.15) is 117 Å². The van der Waals surface area contributed by atoms with Crippen molar-refractivity contribution in [2.24, 2.45) is 5.92 Å².